The molecule has 1 aliphatic heterocycles. The summed E-state index contributed by atoms with van der Waals surface area (Å²) in [6.07, 6.45) is 1.14. The van der Waals surface area contributed by atoms with Gasteiger partial charge in [0.25, 0.3) is 0 Å². The van der Waals surface area contributed by atoms with Crippen LogP contribution in [0.1, 0.15) is 38.2 Å². The Morgan fingerprint density at radius 1 is 1.44 bits per heavy atom. The summed E-state index contributed by atoms with van der Waals surface area (Å²) in [5.74, 6) is 0.000760. The number of carbonyl (C=O) groups excluding carboxylic acids is 1. The summed E-state index contributed by atoms with van der Waals surface area (Å²) in [6.45, 7) is 6.98. The summed E-state index contributed by atoms with van der Waals surface area (Å²) in [7, 11) is 0. The zero-order chi connectivity index (χ0) is 19.6. The molecule has 0 N–H and O–H groups in total. The van der Waals surface area contributed by atoms with E-state index in [-0.39, 0.29) is 5.02 Å². The first-order chi connectivity index (χ1) is 12.7. The van der Waals surface area contributed by atoms with Crippen LogP contribution in [0.3, 0.4) is 0 Å². The van der Waals surface area contributed by atoms with Gasteiger partial charge in [0.05, 0.1) is 24.8 Å². The average molecular weight is 397 g/mol. The number of nitrogens with zero attached hydrogens (tertiary/aromatic N) is 4. The van der Waals surface area contributed by atoms with Gasteiger partial charge in [-0.3, -0.25) is 4.90 Å². The maximum Gasteiger partial charge on any atom is 0.411 e. The van der Waals surface area contributed by atoms with Gasteiger partial charge >= 0.3 is 6.09 Å². The van der Waals surface area contributed by atoms with Crippen LogP contribution in [0.2, 0.25) is 5.02 Å². The van der Waals surface area contributed by atoms with Crippen LogP contribution in [0, 0.1) is 5.82 Å². The van der Waals surface area contributed by atoms with Crippen molar-refractivity contribution in [3.63, 3.8) is 0 Å². The van der Waals surface area contributed by atoms with Gasteiger partial charge in [-0.05, 0) is 38.5 Å². The molecule has 2 heterocycles. The molecular formula is C18H22ClFN4O3. The smallest absolute Gasteiger partial charge is 0.411 e. The van der Waals surface area contributed by atoms with Crippen molar-refractivity contribution in [3.05, 3.63) is 46.8 Å². The number of carbonyl (C=O) groups is 1. The highest BCUT2D eigenvalue weighted by molar-refractivity contribution is 6.30. The van der Waals surface area contributed by atoms with Crippen molar-refractivity contribution in [1.29, 1.82) is 0 Å². The molecule has 9 heteroatoms. The Kier molecular flexibility index (Phi) is 5.67. The Labute approximate surface area is 162 Å². The molecule has 1 saturated heterocycles. The first kappa shape index (κ1) is 19.6. The van der Waals surface area contributed by atoms with E-state index in [4.69, 9.17) is 21.1 Å². The Balaban J connectivity index is 1.74. The third-order valence-electron chi connectivity index (χ3n) is 3.94. The van der Waals surface area contributed by atoms with Crippen molar-refractivity contribution in [1.82, 2.24) is 19.7 Å². The predicted molar refractivity (Wildman–Crippen MR) is 97.0 cm³/mol. The largest absolute Gasteiger partial charge is 0.444 e. The van der Waals surface area contributed by atoms with Crippen LogP contribution in [-0.2, 0) is 16.0 Å². The maximum atomic E-state index is 13.3. The number of ether oxygens (including phenoxy) is 2. The van der Waals surface area contributed by atoms with E-state index in [0.717, 1.165) is 5.56 Å². The Bertz CT molecular complexity index is 821. The highest BCUT2D eigenvalue weighted by atomic mass is 35.5. The molecule has 3 rings (SSSR count). The summed E-state index contributed by atoms with van der Waals surface area (Å²) in [6, 6.07) is 4.08. The van der Waals surface area contributed by atoms with Gasteiger partial charge in [-0.25, -0.2) is 18.9 Å². The fourth-order valence-corrected chi connectivity index (χ4v) is 2.92. The minimum Gasteiger partial charge on any atom is -0.444 e. The molecule has 27 heavy (non-hydrogen) atoms. The molecule has 146 valence electrons. The van der Waals surface area contributed by atoms with Crippen LogP contribution in [-0.4, -0.2) is 51.1 Å². The van der Waals surface area contributed by atoms with Crippen LogP contribution in [0.4, 0.5) is 9.18 Å². The summed E-state index contributed by atoms with van der Waals surface area (Å²) < 4.78 is 25.9. The van der Waals surface area contributed by atoms with Crippen LogP contribution >= 0.6 is 11.6 Å². The van der Waals surface area contributed by atoms with Gasteiger partial charge < -0.3 is 9.47 Å². The van der Waals surface area contributed by atoms with E-state index in [0.29, 0.717) is 32.1 Å². The minimum absolute atomic E-state index is 0.0598. The highest BCUT2D eigenvalue weighted by Gasteiger charge is 2.34. The maximum absolute atomic E-state index is 13.3. The van der Waals surface area contributed by atoms with Gasteiger partial charge in [-0.2, -0.15) is 5.10 Å². The van der Waals surface area contributed by atoms with Gasteiger partial charge in [-0.1, -0.05) is 17.7 Å². The number of hydrogen-bond acceptors (Lipinski definition) is 5. The van der Waals surface area contributed by atoms with Gasteiger partial charge in [0.1, 0.15) is 23.8 Å². The third kappa shape index (κ3) is 4.95. The van der Waals surface area contributed by atoms with Crippen molar-refractivity contribution in [3.8, 4) is 0 Å². The molecule has 1 aromatic carbocycles. The fraction of sp³-hybridized carbons (Fsp3) is 0.500. The Hall–Kier alpha value is -2.19. The number of halogens is 2. The lowest BCUT2D eigenvalue weighted by Crippen LogP contribution is -2.46. The van der Waals surface area contributed by atoms with Crippen molar-refractivity contribution >= 4 is 17.7 Å². The quantitative estimate of drug-likeness (QED) is 0.795. The van der Waals surface area contributed by atoms with Crippen molar-refractivity contribution < 1.29 is 18.7 Å². The van der Waals surface area contributed by atoms with Crippen LogP contribution in [0.25, 0.3) is 0 Å². The zero-order valence-electron chi connectivity index (χ0n) is 15.5. The number of rotatable bonds is 3. The minimum atomic E-state index is -0.589. The number of hydrogen-bond donors (Lipinski definition) is 0. The summed E-state index contributed by atoms with van der Waals surface area (Å²) >= 11 is 5.82. The molecule has 1 aromatic heterocycles. The monoisotopic (exact) mass is 396 g/mol. The van der Waals surface area contributed by atoms with Gasteiger partial charge in [-0.15, -0.1) is 0 Å². The number of morpholine rings is 1. The second-order valence-electron chi connectivity index (χ2n) is 7.31. The lowest BCUT2D eigenvalue weighted by molar-refractivity contribution is -0.0351. The standard InChI is InChI=1S/C18H22ClFN4O3/c1-18(2,3)27-17(25)24-6-7-26-10-15(24)16-21-11-23(22-16)9-12-4-5-14(20)13(19)8-12/h4-5,8,11,15H,6-7,9-10H2,1-3H3/t15-/m0/s1. The third-order valence-corrected chi connectivity index (χ3v) is 4.23. The van der Waals surface area contributed by atoms with E-state index in [2.05, 4.69) is 10.1 Å². The molecule has 0 bridgehead atoms. The second kappa shape index (κ2) is 7.82. The SMILES string of the molecule is CC(C)(C)OC(=O)N1CCOC[C@H]1c1ncn(Cc2ccc(F)c(Cl)c2)n1. The lowest BCUT2D eigenvalue weighted by Gasteiger charge is -2.35. The summed E-state index contributed by atoms with van der Waals surface area (Å²) in [5.41, 5.74) is 0.205. The topological polar surface area (TPSA) is 69.5 Å². The molecule has 1 amide bonds. The van der Waals surface area contributed by atoms with E-state index in [1.54, 1.807) is 28.0 Å². The number of amides is 1. The van der Waals surface area contributed by atoms with Crippen molar-refractivity contribution in [2.75, 3.05) is 19.8 Å². The molecule has 1 atom stereocenters. The molecule has 1 fully saturated rings. The Morgan fingerprint density at radius 2 is 2.22 bits per heavy atom. The molecule has 0 aliphatic carbocycles. The normalized spacial score (nSPS) is 17.8. The van der Waals surface area contributed by atoms with E-state index in [9.17, 15) is 9.18 Å². The van der Waals surface area contributed by atoms with Crippen LogP contribution < -0.4 is 0 Å². The second-order valence-corrected chi connectivity index (χ2v) is 7.72. The van der Waals surface area contributed by atoms with E-state index in [1.807, 2.05) is 20.8 Å². The van der Waals surface area contributed by atoms with Gasteiger partial charge in [0.2, 0.25) is 0 Å². The first-order valence-corrected chi connectivity index (χ1v) is 9.01. The Morgan fingerprint density at radius 3 is 2.93 bits per heavy atom. The average Bonchev–Trinajstić information content (AvgIpc) is 3.05. The van der Waals surface area contributed by atoms with Crippen molar-refractivity contribution in [2.45, 2.75) is 39.0 Å². The fourth-order valence-electron chi connectivity index (χ4n) is 2.72. The predicted octanol–water partition coefficient (Wildman–Crippen LogP) is 3.43. The highest BCUT2D eigenvalue weighted by Crippen LogP contribution is 2.24. The zero-order valence-corrected chi connectivity index (χ0v) is 16.2. The summed E-state index contributed by atoms with van der Waals surface area (Å²) in [4.78, 5) is 18.4. The van der Waals surface area contributed by atoms with E-state index < -0.39 is 23.6 Å². The molecular weight excluding hydrogens is 375 g/mol. The van der Waals surface area contributed by atoms with Crippen LogP contribution in [0.5, 0.6) is 0 Å². The van der Waals surface area contributed by atoms with E-state index in [1.165, 1.54) is 6.07 Å². The number of aromatic nitrogens is 3. The first-order valence-electron chi connectivity index (χ1n) is 8.63. The molecule has 0 saturated carbocycles. The number of benzene rings is 1. The molecule has 0 unspecified atom stereocenters. The van der Waals surface area contributed by atoms with Gasteiger partial charge in [0.15, 0.2) is 5.82 Å². The summed E-state index contributed by atoms with van der Waals surface area (Å²) in [5, 5.41) is 4.51. The molecule has 1 aliphatic rings. The van der Waals surface area contributed by atoms with Crippen LogP contribution in [0.15, 0.2) is 24.5 Å². The van der Waals surface area contributed by atoms with Crippen molar-refractivity contribution in [2.24, 2.45) is 0 Å². The van der Waals surface area contributed by atoms with E-state index >= 15 is 0 Å². The van der Waals surface area contributed by atoms with Gasteiger partial charge in [0, 0.05) is 6.54 Å². The molecule has 0 radical (unpaired) electrons. The lowest BCUT2D eigenvalue weighted by atomic mass is 10.2. The molecule has 2 aromatic rings. The molecule has 7 nitrogen and oxygen atoms in total. The molecule has 0 spiro atoms.